The van der Waals surface area contributed by atoms with Crippen molar-refractivity contribution < 1.29 is 4.79 Å². The van der Waals surface area contributed by atoms with Crippen LogP contribution in [0.3, 0.4) is 0 Å². The number of carbonyl (C=O) groups is 1. The Morgan fingerprint density at radius 1 is 1.43 bits per heavy atom. The first-order valence-corrected chi connectivity index (χ1v) is 7.66. The van der Waals surface area contributed by atoms with Crippen molar-refractivity contribution >= 4 is 21.7 Å². The van der Waals surface area contributed by atoms with Crippen molar-refractivity contribution in [3.05, 3.63) is 33.8 Å². The summed E-state index contributed by atoms with van der Waals surface area (Å²) in [7, 11) is 5.82. The Hall–Kier alpha value is -1.47. The number of halogens is 1. The lowest BCUT2D eigenvalue weighted by molar-refractivity contribution is 0.102. The van der Waals surface area contributed by atoms with Gasteiger partial charge in [0, 0.05) is 19.8 Å². The summed E-state index contributed by atoms with van der Waals surface area (Å²) in [6.07, 6.45) is 4.17. The third kappa shape index (κ3) is 3.41. The average Bonchev–Trinajstić information content (AvgIpc) is 2.98. The Bertz CT molecular complexity index is 644. The van der Waals surface area contributed by atoms with Crippen molar-refractivity contribution in [2.75, 3.05) is 20.6 Å². The summed E-state index contributed by atoms with van der Waals surface area (Å²) in [6, 6.07) is 0. The van der Waals surface area contributed by atoms with E-state index in [1.807, 2.05) is 28.1 Å². The fourth-order valence-corrected chi connectivity index (χ4v) is 2.64. The zero-order chi connectivity index (χ0) is 15.6. The van der Waals surface area contributed by atoms with Crippen LogP contribution in [0.25, 0.3) is 0 Å². The highest BCUT2D eigenvalue weighted by Gasteiger charge is 2.23. The van der Waals surface area contributed by atoms with Crippen LogP contribution in [-0.2, 0) is 20.0 Å². The van der Waals surface area contributed by atoms with E-state index in [0.717, 1.165) is 23.1 Å². The number of hydrogen-bond acceptors (Lipinski definition) is 4. The zero-order valence-corrected chi connectivity index (χ0v) is 14.4. The maximum atomic E-state index is 12.8. The first-order chi connectivity index (χ1) is 9.93. The van der Waals surface area contributed by atoms with Crippen LogP contribution in [0.5, 0.6) is 0 Å². The molecule has 0 atom stereocenters. The van der Waals surface area contributed by atoms with Gasteiger partial charge in [0.15, 0.2) is 0 Å². The van der Waals surface area contributed by atoms with Gasteiger partial charge in [-0.25, -0.2) is 0 Å². The Morgan fingerprint density at radius 3 is 2.76 bits per heavy atom. The highest BCUT2D eigenvalue weighted by molar-refractivity contribution is 9.10. The van der Waals surface area contributed by atoms with Gasteiger partial charge < -0.3 is 4.90 Å². The Balaban J connectivity index is 2.36. The molecule has 0 aliphatic rings. The third-order valence-electron chi connectivity index (χ3n) is 3.25. The van der Waals surface area contributed by atoms with E-state index in [2.05, 4.69) is 31.0 Å². The molecule has 0 unspecified atom stereocenters. The molecule has 0 saturated heterocycles. The van der Waals surface area contributed by atoms with Gasteiger partial charge in [-0.3, -0.25) is 14.2 Å². The normalized spacial score (nSPS) is 11.3. The fourth-order valence-electron chi connectivity index (χ4n) is 2.17. The van der Waals surface area contributed by atoms with Crippen molar-refractivity contribution in [1.29, 1.82) is 0 Å². The molecule has 7 heteroatoms. The van der Waals surface area contributed by atoms with Crippen LogP contribution in [0.2, 0.25) is 0 Å². The van der Waals surface area contributed by atoms with Gasteiger partial charge in [-0.15, -0.1) is 0 Å². The predicted octanol–water partition coefficient (Wildman–Crippen LogP) is 1.73. The molecule has 2 rings (SSSR count). The fraction of sp³-hybridized carbons (Fsp3) is 0.500. The lowest BCUT2D eigenvalue weighted by atomic mass is 10.1. The summed E-state index contributed by atoms with van der Waals surface area (Å²) in [4.78, 5) is 14.9. The summed E-state index contributed by atoms with van der Waals surface area (Å²) in [5.74, 6) is -0.0388. The van der Waals surface area contributed by atoms with Gasteiger partial charge >= 0.3 is 0 Å². The first kappa shape index (κ1) is 15.9. The van der Waals surface area contributed by atoms with E-state index in [9.17, 15) is 4.79 Å². The van der Waals surface area contributed by atoms with Gasteiger partial charge in [0.2, 0.25) is 5.78 Å². The molecular formula is C14H20BrN5O. The summed E-state index contributed by atoms with van der Waals surface area (Å²) >= 11 is 3.43. The van der Waals surface area contributed by atoms with Gasteiger partial charge in [0.1, 0.15) is 5.69 Å². The van der Waals surface area contributed by atoms with Crippen LogP contribution in [0, 0.1) is 0 Å². The van der Waals surface area contributed by atoms with Crippen molar-refractivity contribution in [3.8, 4) is 0 Å². The number of likely N-dealkylation sites (N-methyl/N-ethyl adjacent to an activating group) is 1. The van der Waals surface area contributed by atoms with E-state index >= 15 is 0 Å². The molecular weight excluding hydrogens is 334 g/mol. The Labute approximate surface area is 132 Å². The van der Waals surface area contributed by atoms with Crippen molar-refractivity contribution in [2.24, 2.45) is 7.05 Å². The van der Waals surface area contributed by atoms with Gasteiger partial charge in [-0.05, 0) is 36.4 Å². The summed E-state index contributed by atoms with van der Waals surface area (Å²) in [5, 5.41) is 8.63. The molecule has 2 aromatic rings. The molecule has 6 nitrogen and oxygen atoms in total. The molecule has 0 radical (unpaired) electrons. The minimum absolute atomic E-state index is 0.0388. The van der Waals surface area contributed by atoms with Gasteiger partial charge in [0.25, 0.3) is 0 Å². The maximum Gasteiger partial charge on any atom is 0.215 e. The molecule has 0 aliphatic heterocycles. The van der Waals surface area contributed by atoms with Gasteiger partial charge in [-0.2, -0.15) is 10.2 Å². The van der Waals surface area contributed by atoms with Gasteiger partial charge in [-0.1, -0.05) is 6.92 Å². The summed E-state index contributed by atoms with van der Waals surface area (Å²) in [5.41, 5.74) is 2.04. The number of carbonyl (C=O) groups excluding carboxylic acids is 1. The standard InChI is InChI=1S/C14H20BrN5O/c1-5-12-10(9-19(4)17-12)14(21)13-11(15)8-16-20(13)7-6-18(2)3/h8-9H,5-7H2,1-4H3. The second kappa shape index (κ2) is 6.53. The quantitative estimate of drug-likeness (QED) is 0.742. The average molecular weight is 354 g/mol. The molecule has 0 aromatic carbocycles. The first-order valence-electron chi connectivity index (χ1n) is 6.87. The summed E-state index contributed by atoms with van der Waals surface area (Å²) < 4.78 is 4.15. The van der Waals surface area contributed by atoms with Crippen LogP contribution >= 0.6 is 15.9 Å². The van der Waals surface area contributed by atoms with Crippen molar-refractivity contribution in [2.45, 2.75) is 19.9 Å². The summed E-state index contributed by atoms with van der Waals surface area (Å²) in [6.45, 7) is 3.49. The molecule has 114 valence electrons. The van der Waals surface area contributed by atoms with E-state index in [4.69, 9.17) is 0 Å². The van der Waals surface area contributed by atoms with Crippen molar-refractivity contribution in [3.63, 3.8) is 0 Å². The third-order valence-corrected chi connectivity index (χ3v) is 3.83. The highest BCUT2D eigenvalue weighted by Crippen LogP contribution is 2.21. The second-order valence-electron chi connectivity index (χ2n) is 5.21. The monoisotopic (exact) mass is 353 g/mol. The smallest absolute Gasteiger partial charge is 0.215 e. The number of aromatic nitrogens is 4. The number of rotatable bonds is 6. The largest absolute Gasteiger partial charge is 0.308 e. The Kier molecular flexibility index (Phi) is 4.95. The van der Waals surface area contributed by atoms with E-state index in [1.54, 1.807) is 21.8 Å². The van der Waals surface area contributed by atoms with Gasteiger partial charge in [0.05, 0.1) is 28.5 Å². The number of nitrogens with zero attached hydrogens (tertiary/aromatic N) is 5. The lowest BCUT2D eigenvalue weighted by Crippen LogP contribution is -2.22. The minimum Gasteiger partial charge on any atom is -0.308 e. The van der Waals surface area contributed by atoms with Crippen LogP contribution < -0.4 is 0 Å². The molecule has 0 bridgehead atoms. The highest BCUT2D eigenvalue weighted by atomic mass is 79.9. The molecule has 0 saturated carbocycles. The van der Waals surface area contributed by atoms with Crippen LogP contribution in [-0.4, -0.2) is 50.9 Å². The molecule has 0 N–H and O–H groups in total. The Morgan fingerprint density at radius 2 is 2.14 bits per heavy atom. The van der Waals surface area contributed by atoms with E-state index in [-0.39, 0.29) is 5.78 Å². The topological polar surface area (TPSA) is 56.0 Å². The molecule has 2 heterocycles. The van der Waals surface area contributed by atoms with E-state index < -0.39 is 0 Å². The minimum atomic E-state index is -0.0388. The lowest BCUT2D eigenvalue weighted by Gasteiger charge is -2.11. The van der Waals surface area contributed by atoms with Crippen molar-refractivity contribution in [1.82, 2.24) is 24.5 Å². The molecule has 2 aromatic heterocycles. The molecule has 0 amide bonds. The molecule has 0 fully saturated rings. The molecule has 0 aliphatic carbocycles. The predicted molar refractivity (Wildman–Crippen MR) is 84.5 cm³/mol. The number of aryl methyl sites for hydroxylation is 2. The second-order valence-corrected chi connectivity index (χ2v) is 6.07. The van der Waals surface area contributed by atoms with Crippen LogP contribution in [0.15, 0.2) is 16.9 Å². The SMILES string of the molecule is CCc1nn(C)cc1C(=O)c1c(Br)cnn1CCN(C)C. The number of hydrogen-bond donors (Lipinski definition) is 0. The number of ketones is 1. The van der Waals surface area contributed by atoms with Crippen LogP contribution in [0.1, 0.15) is 28.7 Å². The van der Waals surface area contributed by atoms with Crippen LogP contribution in [0.4, 0.5) is 0 Å². The molecule has 21 heavy (non-hydrogen) atoms. The zero-order valence-electron chi connectivity index (χ0n) is 12.8. The molecule has 0 spiro atoms. The van der Waals surface area contributed by atoms with E-state index in [0.29, 0.717) is 17.8 Å². The van der Waals surface area contributed by atoms with E-state index in [1.165, 1.54) is 0 Å². The maximum absolute atomic E-state index is 12.8.